The van der Waals surface area contributed by atoms with E-state index in [9.17, 15) is 4.79 Å². The number of carbonyl (C=O) groups is 1. The van der Waals surface area contributed by atoms with Crippen LogP contribution in [0, 0.1) is 5.92 Å². The van der Waals surface area contributed by atoms with Crippen LogP contribution in [0.25, 0.3) is 0 Å². The van der Waals surface area contributed by atoms with E-state index in [2.05, 4.69) is 6.92 Å². The number of unbranched alkanes of at least 4 members (excludes halogenated alkanes) is 3. The predicted octanol–water partition coefficient (Wildman–Crippen LogP) is 3.79. The van der Waals surface area contributed by atoms with Gasteiger partial charge in [0.25, 0.3) is 0 Å². The molecule has 0 radical (unpaired) electrons. The van der Waals surface area contributed by atoms with E-state index in [4.69, 9.17) is 9.47 Å². The molecule has 1 aromatic carbocycles. The third-order valence-corrected chi connectivity index (χ3v) is 4.18. The molecule has 1 aliphatic heterocycles. The van der Waals surface area contributed by atoms with Gasteiger partial charge in [-0.25, -0.2) is 0 Å². The van der Waals surface area contributed by atoms with Crippen molar-refractivity contribution in [1.82, 2.24) is 0 Å². The number of methoxy groups -OCH3 is 1. The number of rotatable bonds is 8. The summed E-state index contributed by atoms with van der Waals surface area (Å²) >= 11 is 0. The Kier molecular flexibility index (Phi) is 6.24. The van der Waals surface area contributed by atoms with Crippen molar-refractivity contribution in [2.45, 2.75) is 51.6 Å². The molecule has 0 aromatic heterocycles. The number of ether oxygens (including phenoxy) is 2. The van der Waals surface area contributed by atoms with E-state index in [1.54, 1.807) is 7.11 Å². The summed E-state index contributed by atoms with van der Waals surface area (Å²) in [6.45, 7) is 2.77. The highest BCUT2D eigenvalue weighted by molar-refractivity contribution is 5.87. The lowest BCUT2D eigenvalue weighted by atomic mass is 9.94. The first-order chi connectivity index (χ1) is 10.2. The minimum absolute atomic E-state index is 0.0228. The molecule has 0 bridgehead atoms. The van der Waals surface area contributed by atoms with Crippen LogP contribution in [-0.4, -0.2) is 25.6 Å². The van der Waals surface area contributed by atoms with Gasteiger partial charge < -0.3 is 9.47 Å². The van der Waals surface area contributed by atoms with E-state index in [1.807, 2.05) is 24.3 Å². The average Bonchev–Trinajstić information content (AvgIpc) is 2.85. The Hall–Kier alpha value is -1.35. The van der Waals surface area contributed by atoms with Crippen LogP contribution in [0.3, 0.4) is 0 Å². The van der Waals surface area contributed by atoms with Crippen LogP contribution in [0.2, 0.25) is 0 Å². The summed E-state index contributed by atoms with van der Waals surface area (Å²) < 4.78 is 10.9. The quantitative estimate of drug-likeness (QED) is 0.683. The zero-order chi connectivity index (χ0) is 15.1. The molecule has 3 nitrogen and oxygen atoms in total. The van der Waals surface area contributed by atoms with Gasteiger partial charge in [0.2, 0.25) is 0 Å². The molecule has 0 aliphatic carbocycles. The van der Waals surface area contributed by atoms with Gasteiger partial charge in [-0.05, 0) is 30.5 Å². The predicted molar refractivity (Wildman–Crippen MR) is 83.7 cm³/mol. The maximum atomic E-state index is 12.3. The molecule has 0 N–H and O–H groups in total. The summed E-state index contributed by atoms with van der Waals surface area (Å²) in [4.78, 5) is 12.3. The van der Waals surface area contributed by atoms with Crippen molar-refractivity contribution >= 4 is 5.78 Å². The maximum Gasteiger partial charge on any atom is 0.167 e. The van der Waals surface area contributed by atoms with E-state index < -0.39 is 0 Å². The SMILES string of the molecule is CCCCCC[C@H]1OC[C@H](Cc2ccc(OC)cc2)C1=O. The monoisotopic (exact) mass is 290 g/mol. The molecule has 1 aliphatic rings. The van der Waals surface area contributed by atoms with E-state index in [-0.39, 0.29) is 12.0 Å². The summed E-state index contributed by atoms with van der Waals surface area (Å²) in [5, 5.41) is 0. The Morgan fingerprint density at radius 3 is 2.62 bits per heavy atom. The third kappa shape index (κ3) is 4.57. The van der Waals surface area contributed by atoms with Crippen LogP contribution in [0.5, 0.6) is 5.75 Å². The molecule has 3 heteroatoms. The number of ketones is 1. The van der Waals surface area contributed by atoms with Crippen molar-refractivity contribution in [3.05, 3.63) is 29.8 Å². The highest BCUT2D eigenvalue weighted by atomic mass is 16.5. The standard InChI is InChI=1S/C18H26O3/c1-3-4-5-6-7-17-18(19)15(13-21-17)12-14-8-10-16(20-2)11-9-14/h8-11,15,17H,3-7,12-13H2,1-2H3/t15-,17+/m0/s1. The lowest BCUT2D eigenvalue weighted by molar-refractivity contribution is -0.124. The minimum Gasteiger partial charge on any atom is -0.497 e. The second-order valence-electron chi connectivity index (χ2n) is 5.82. The Morgan fingerprint density at radius 2 is 1.95 bits per heavy atom. The van der Waals surface area contributed by atoms with E-state index in [0.717, 1.165) is 25.0 Å². The fourth-order valence-corrected chi connectivity index (χ4v) is 2.85. The lowest BCUT2D eigenvalue weighted by Crippen LogP contribution is -2.21. The van der Waals surface area contributed by atoms with E-state index in [1.165, 1.54) is 24.8 Å². The highest BCUT2D eigenvalue weighted by Gasteiger charge is 2.34. The summed E-state index contributed by atoms with van der Waals surface area (Å²) in [6.07, 6.45) is 6.26. The second-order valence-corrected chi connectivity index (χ2v) is 5.82. The first-order valence-corrected chi connectivity index (χ1v) is 8.02. The molecular formula is C18H26O3. The number of Topliss-reactive ketones (excluding diaryl/α,β-unsaturated/α-hetero) is 1. The summed E-state index contributed by atoms with van der Waals surface area (Å²) in [5.74, 6) is 1.17. The minimum atomic E-state index is -0.162. The van der Waals surface area contributed by atoms with Crippen molar-refractivity contribution in [3.8, 4) is 5.75 Å². The van der Waals surface area contributed by atoms with Gasteiger partial charge in [-0.1, -0.05) is 44.7 Å². The first-order valence-electron chi connectivity index (χ1n) is 8.02. The van der Waals surface area contributed by atoms with Crippen LogP contribution < -0.4 is 4.74 Å². The van der Waals surface area contributed by atoms with Gasteiger partial charge in [-0.2, -0.15) is 0 Å². The van der Waals surface area contributed by atoms with Gasteiger partial charge in [-0.3, -0.25) is 4.79 Å². The molecule has 2 rings (SSSR count). The van der Waals surface area contributed by atoms with E-state index in [0.29, 0.717) is 12.4 Å². The van der Waals surface area contributed by atoms with Crippen LogP contribution in [0.4, 0.5) is 0 Å². The zero-order valence-electron chi connectivity index (χ0n) is 13.1. The Bertz CT molecular complexity index is 438. The second kappa shape index (κ2) is 8.18. The van der Waals surface area contributed by atoms with Crippen LogP contribution in [0.15, 0.2) is 24.3 Å². The molecule has 1 fully saturated rings. The molecule has 116 valence electrons. The largest absolute Gasteiger partial charge is 0.497 e. The molecular weight excluding hydrogens is 264 g/mol. The fraction of sp³-hybridized carbons (Fsp3) is 0.611. The van der Waals surface area contributed by atoms with Gasteiger partial charge in [0, 0.05) is 5.92 Å². The first kappa shape index (κ1) is 16.0. The van der Waals surface area contributed by atoms with Crippen molar-refractivity contribution in [3.63, 3.8) is 0 Å². The molecule has 1 saturated heterocycles. The summed E-state index contributed by atoms with van der Waals surface area (Å²) in [5.41, 5.74) is 1.17. The third-order valence-electron chi connectivity index (χ3n) is 4.18. The van der Waals surface area contributed by atoms with Crippen LogP contribution in [0.1, 0.15) is 44.6 Å². The number of benzene rings is 1. The zero-order valence-corrected chi connectivity index (χ0v) is 13.1. The summed E-state index contributed by atoms with van der Waals surface area (Å²) in [7, 11) is 1.66. The van der Waals surface area contributed by atoms with Crippen molar-refractivity contribution < 1.29 is 14.3 Å². The van der Waals surface area contributed by atoms with Crippen molar-refractivity contribution in [2.75, 3.05) is 13.7 Å². The van der Waals surface area contributed by atoms with Gasteiger partial charge in [0.1, 0.15) is 11.9 Å². The van der Waals surface area contributed by atoms with Gasteiger partial charge >= 0.3 is 0 Å². The average molecular weight is 290 g/mol. The Labute approximate surface area is 127 Å². The maximum absolute atomic E-state index is 12.3. The van der Waals surface area contributed by atoms with Crippen LogP contribution in [-0.2, 0) is 16.0 Å². The molecule has 0 amide bonds. The normalized spacial score (nSPS) is 21.7. The van der Waals surface area contributed by atoms with Gasteiger partial charge in [0.15, 0.2) is 5.78 Å². The van der Waals surface area contributed by atoms with Gasteiger partial charge in [-0.15, -0.1) is 0 Å². The Morgan fingerprint density at radius 1 is 1.19 bits per heavy atom. The summed E-state index contributed by atoms with van der Waals surface area (Å²) in [6, 6.07) is 7.94. The van der Waals surface area contributed by atoms with Gasteiger partial charge in [0.05, 0.1) is 13.7 Å². The lowest BCUT2D eigenvalue weighted by Gasteiger charge is -2.09. The molecule has 0 unspecified atom stereocenters. The van der Waals surface area contributed by atoms with Crippen LogP contribution >= 0.6 is 0 Å². The fourth-order valence-electron chi connectivity index (χ4n) is 2.85. The molecule has 1 heterocycles. The molecule has 0 saturated carbocycles. The molecule has 21 heavy (non-hydrogen) atoms. The number of hydrogen-bond donors (Lipinski definition) is 0. The Balaban J connectivity index is 1.80. The van der Waals surface area contributed by atoms with E-state index >= 15 is 0 Å². The smallest absolute Gasteiger partial charge is 0.167 e. The van der Waals surface area contributed by atoms with Crippen molar-refractivity contribution in [2.24, 2.45) is 5.92 Å². The van der Waals surface area contributed by atoms with Crippen molar-refractivity contribution in [1.29, 1.82) is 0 Å². The number of carbonyl (C=O) groups excluding carboxylic acids is 1. The molecule has 0 spiro atoms. The molecule has 1 aromatic rings. The highest BCUT2D eigenvalue weighted by Crippen LogP contribution is 2.24. The topological polar surface area (TPSA) is 35.5 Å². The molecule has 2 atom stereocenters. The number of hydrogen-bond acceptors (Lipinski definition) is 3.